The van der Waals surface area contributed by atoms with Crippen molar-refractivity contribution in [2.24, 2.45) is 22.7 Å². The van der Waals surface area contributed by atoms with Crippen molar-refractivity contribution in [1.82, 2.24) is 4.98 Å². The highest BCUT2D eigenvalue weighted by molar-refractivity contribution is 5.78. The van der Waals surface area contributed by atoms with E-state index in [0.29, 0.717) is 11.8 Å². The minimum Gasteiger partial charge on any atom is -0.393 e. The summed E-state index contributed by atoms with van der Waals surface area (Å²) >= 11 is 0. The van der Waals surface area contributed by atoms with E-state index in [2.05, 4.69) is 37.1 Å². The van der Waals surface area contributed by atoms with Gasteiger partial charge in [0.1, 0.15) is 0 Å². The van der Waals surface area contributed by atoms with Crippen LogP contribution in [0.1, 0.15) is 69.9 Å². The van der Waals surface area contributed by atoms with Gasteiger partial charge >= 0.3 is 0 Å². The lowest BCUT2D eigenvalue weighted by Crippen LogP contribution is -2.47. The van der Waals surface area contributed by atoms with E-state index in [0.717, 1.165) is 49.7 Å². The first kappa shape index (κ1) is 19.2. The van der Waals surface area contributed by atoms with Crippen LogP contribution in [0.5, 0.6) is 0 Å². The molecular weight excluding hydrogens is 368 g/mol. The predicted octanol–water partition coefficient (Wildman–Crippen LogP) is 6.26. The summed E-state index contributed by atoms with van der Waals surface area (Å²) in [7, 11) is 0. The molecule has 0 aromatic carbocycles. The molecule has 0 aliphatic heterocycles. The molecule has 2 nitrogen and oxygen atoms in total. The fourth-order valence-corrected chi connectivity index (χ4v) is 6.79. The number of fused-ring (bicyclic) bond motifs is 5. The molecule has 0 saturated heterocycles. The van der Waals surface area contributed by atoms with Crippen molar-refractivity contribution in [1.29, 1.82) is 0 Å². The average Bonchev–Trinajstić information content (AvgIpc) is 3.06. The minimum absolute atomic E-state index is 0.00680. The first-order valence-corrected chi connectivity index (χ1v) is 10.9. The van der Waals surface area contributed by atoms with E-state index in [1.54, 1.807) is 12.3 Å². The van der Waals surface area contributed by atoms with Crippen LogP contribution in [0.15, 0.2) is 47.8 Å². The summed E-state index contributed by atoms with van der Waals surface area (Å²) in [4.78, 5) is 4.10. The first-order chi connectivity index (χ1) is 13.8. The third-order valence-corrected chi connectivity index (χ3v) is 8.45. The first-order valence-electron chi connectivity index (χ1n) is 10.9. The molecule has 5 unspecified atom stereocenters. The fourth-order valence-electron chi connectivity index (χ4n) is 6.79. The van der Waals surface area contributed by atoms with Crippen molar-refractivity contribution < 1.29 is 13.9 Å². The molecule has 154 valence electrons. The van der Waals surface area contributed by atoms with Crippen LogP contribution in [-0.4, -0.2) is 16.2 Å². The molecule has 1 aromatic heterocycles. The van der Waals surface area contributed by atoms with Crippen LogP contribution in [-0.2, 0) is 0 Å². The molecule has 0 radical (unpaired) electrons. The van der Waals surface area contributed by atoms with Gasteiger partial charge in [-0.15, -0.1) is 0 Å². The zero-order valence-electron chi connectivity index (χ0n) is 17.2. The van der Waals surface area contributed by atoms with Crippen LogP contribution in [0.3, 0.4) is 0 Å². The minimum atomic E-state index is -2.50. The number of hydrogen-bond donors (Lipinski definition) is 1. The summed E-state index contributed by atoms with van der Waals surface area (Å²) in [6.45, 7) is 4.69. The quantitative estimate of drug-likeness (QED) is 0.598. The van der Waals surface area contributed by atoms with Gasteiger partial charge in [-0.2, -0.15) is 0 Å². The molecule has 0 spiro atoms. The van der Waals surface area contributed by atoms with Gasteiger partial charge < -0.3 is 5.11 Å². The molecule has 1 heterocycles. The zero-order valence-corrected chi connectivity index (χ0v) is 17.2. The van der Waals surface area contributed by atoms with E-state index in [1.807, 2.05) is 0 Å². The van der Waals surface area contributed by atoms with Crippen molar-refractivity contribution in [3.8, 4) is 0 Å². The SMILES string of the molecule is CC12CCC3C(CC=C4CC(O)CCC43C)C1=CC=C2c1cncc(C(F)F)c1. The summed E-state index contributed by atoms with van der Waals surface area (Å²) in [5, 5.41) is 10.2. The number of nitrogens with zero attached hydrogens (tertiary/aromatic N) is 1. The third kappa shape index (κ3) is 2.78. The maximum Gasteiger partial charge on any atom is 0.265 e. The second-order valence-electron chi connectivity index (χ2n) is 9.87. The normalized spacial score (nSPS) is 38.6. The van der Waals surface area contributed by atoms with Gasteiger partial charge in [0.2, 0.25) is 0 Å². The van der Waals surface area contributed by atoms with Crippen LogP contribution in [0.25, 0.3) is 5.57 Å². The van der Waals surface area contributed by atoms with Crippen molar-refractivity contribution in [3.05, 3.63) is 59.0 Å². The van der Waals surface area contributed by atoms with E-state index in [-0.39, 0.29) is 22.5 Å². The molecule has 0 amide bonds. The van der Waals surface area contributed by atoms with Crippen LogP contribution in [0, 0.1) is 22.7 Å². The average molecular weight is 398 g/mol. The van der Waals surface area contributed by atoms with E-state index >= 15 is 0 Å². The zero-order chi connectivity index (χ0) is 20.4. The van der Waals surface area contributed by atoms with Crippen molar-refractivity contribution in [2.75, 3.05) is 0 Å². The molecule has 29 heavy (non-hydrogen) atoms. The Morgan fingerprint density at radius 1 is 1.14 bits per heavy atom. The number of alkyl halides is 2. The smallest absolute Gasteiger partial charge is 0.265 e. The Balaban J connectivity index is 1.47. The number of halogens is 2. The van der Waals surface area contributed by atoms with Crippen molar-refractivity contribution in [3.63, 3.8) is 0 Å². The second kappa shape index (κ2) is 6.60. The Morgan fingerprint density at radius 2 is 1.97 bits per heavy atom. The van der Waals surface area contributed by atoms with Gasteiger partial charge in [0.15, 0.2) is 0 Å². The second-order valence-corrected chi connectivity index (χ2v) is 9.87. The lowest BCUT2D eigenvalue weighted by atomic mass is 9.49. The highest BCUT2D eigenvalue weighted by Crippen LogP contribution is 2.64. The largest absolute Gasteiger partial charge is 0.393 e. The van der Waals surface area contributed by atoms with Crippen LogP contribution in [0.2, 0.25) is 0 Å². The number of rotatable bonds is 2. The summed E-state index contributed by atoms with van der Waals surface area (Å²) in [6.07, 6.45) is 13.1. The number of hydrogen-bond acceptors (Lipinski definition) is 2. The molecule has 1 N–H and O–H groups in total. The van der Waals surface area contributed by atoms with Gasteiger partial charge in [-0.1, -0.05) is 43.2 Å². The summed E-state index contributed by atoms with van der Waals surface area (Å²) < 4.78 is 26.4. The van der Waals surface area contributed by atoms with E-state index < -0.39 is 6.43 Å². The number of pyridine rings is 1. The monoisotopic (exact) mass is 397 g/mol. The van der Waals surface area contributed by atoms with Gasteiger partial charge in [0.25, 0.3) is 6.43 Å². The lowest BCUT2D eigenvalue weighted by molar-refractivity contribution is 0.0369. The van der Waals surface area contributed by atoms with Gasteiger partial charge in [-0.3, -0.25) is 4.98 Å². The van der Waals surface area contributed by atoms with E-state index in [4.69, 9.17) is 0 Å². The summed E-state index contributed by atoms with van der Waals surface area (Å²) in [5.74, 6) is 1.10. The summed E-state index contributed by atoms with van der Waals surface area (Å²) in [5.41, 5.74) is 4.97. The molecule has 2 saturated carbocycles. The van der Waals surface area contributed by atoms with Crippen molar-refractivity contribution in [2.45, 2.75) is 64.9 Å². The Labute approximate surface area is 171 Å². The number of allylic oxidation sites excluding steroid dienone is 5. The maximum atomic E-state index is 13.2. The van der Waals surface area contributed by atoms with E-state index in [9.17, 15) is 13.9 Å². The molecule has 1 aromatic rings. The number of aliphatic hydroxyl groups is 1. The molecule has 4 aliphatic carbocycles. The van der Waals surface area contributed by atoms with Crippen LogP contribution >= 0.6 is 0 Å². The molecule has 4 heteroatoms. The maximum absolute atomic E-state index is 13.2. The topological polar surface area (TPSA) is 33.1 Å². The Hall–Kier alpha value is -1.81. The molecule has 4 aliphatic rings. The van der Waals surface area contributed by atoms with Crippen LogP contribution in [0.4, 0.5) is 8.78 Å². The summed E-state index contributed by atoms with van der Waals surface area (Å²) in [6, 6.07) is 1.61. The van der Waals surface area contributed by atoms with Crippen molar-refractivity contribution >= 4 is 5.57 Å². The number of aliphatic hydroxyl groups excluding tert-OH is 1. The molecule has 0 bridgehead atoms. The molecule has 5 rings (SSSR count). The Morgan fingerprint density at radius 3 is 2.76 bits per heavy atom. The van der Waals surface area contributed by atoms with Gasteiger partial charge in [-0.05, 0) is 73.0 Å². The van der Waals surface area contributed by atoms with Gasteiger partial charge in [-0.25, -0.2) is 8.78 Å². The van der Waals surface area contributed by atoms with Gasteiger partial charge in [0, 0.05) is 23.4 Å². The molecule has 5 atom stereocenters. The molecule has 2 fully saturated rings. The van der Waals surface area contributed by atoms with E-state index in [1.165, 1.54) is 17.3 Å². The highest BCUT2D eigenvalue weighted by atomic mass is 19.3. The number of aromatic nitrogens is 1. The predicted molar refractivity (Wildman–Crippen MR) is 110 cm³/mol. The third-order valence-electron chi connectivity index (χ3n) is 8.45. The Kier molecular flexibility index (Phi) is 4.36. The highest BCUT2D eigenvalue weighted by Gasteiger charge is 2.54. The van der Waals surface area contributed by atoms with Crippen LogP contribution < -0.4 is 0 Å². The standard InChI is InChI=1S/C25H29F2NO/c1-24-9-7-18(29)12-17(24)3-4-19-21-6-5-20(25(21,2)10-8-22(19)24)15-11-16(23(26)27)14-28-13-15/h3,5-6,11,13-14,18-19,22-23,29H,4,7-10,12H2,1-2H3. The fraction of sp³-hybridized carbons (Fsp3) is 0.560. The lowest BCUT2D eigenvalue weighted by Gasteiger charge is -2.56. The Bertz CT molecular complexity index is 933. The molecular formula is C25H29F2NO. The van der Waals surface area contributed by atoms with Gasteiger partial charge in [0.05, 0.1) is 6.10 Å².